The van der Waals surface area contributed by atoms with Gasteiger partial charge in [-0.1, -0.05) is 86.3 Å². The van der Waals surface area contributed by atoms with Gasteiger partial charge in [0.25, 0.3) is 0 Å². The molecule has 4 heterocycles. The minimum atomic E-state index is -2.29. The van der Waals surface area contributed by atoms with Crippen LogP contribution in [0.1, 0.15) is 48.6 Å². The van der Waals surface area contributed by atoms with E-state index in [9.17, 15) is 0 Å². The van der Waals surface area contributed by atoms with Gasteiger partial charge in [0.1, 0.15) is 5.58 Å². The Labute approximate surface area is 312 Å². The van der Waals surface area contributed by atoms with E-state index in [1.54, 1.807) is 24.4 Å². The number of pyridine rings is 3. The smallest absolute Gasteiger partial charge is 0.130 e. The topological polar surface area (TPSA) is 51.8 Å². The van der Waals surface area contributed by atoms with Crippen molar-refractivity contribution >= 4 is 32.7 Å². The van der Waals surface area contributed by atoms with E-state index in [0.29, 0.717) is 33.4 Å². The number of benzene rings is 4. The maximum atomic E-state index is 8.39. The zero-order valence-corrected chi connectivity index (χ0v) is 29.5. The molecule has 0 fully saturated rings. The van der Waals surface area contributed by atoms with E-state index in [2.05, 4.69) is 27.1 Å². The fraction of sp³-hybridized carbons (Fsp3) is 0.159. The quantitative estimate of drug-likeness (QED) is 0.166. The number of aromatic nitrogens is 3. The molecule has 0 spiro atoms. The van der Waals surface area contributed by atoms with Crippen LogP contribution < -0.4 is 0 Å². The molecule has 0 bridgehead atoms. The minimum absolute atomic E-state index is 0. The number of aryl methyl sites for hydroxylation is 2. The molecule has 0 aliphatic carbocycles. The van der Waals surface area contributed by atoms with Gasteiger partial charge in [-0.15, -0.1) is 54.1 Å². The van der Waals surface area contributed by atoms with E-state index in [0.717, 1.165) is 38.5 Å². The summed E-state index contributed by atoms with van der Waals surface area (Å²) in [4.78, 5) is 12.9. The fourth-order valence-corrected chi connectivity index (χ4v) is 5.64. The van der Waals surface area contributed by atoms with Crippen LogP contribution in [0.5, 0.6) is 0 Å². The molecular weight excluding hydrogens is 779 g/mol. The molecule has 0 unspecified atom stereocenters. The van der Waals surface area contributed by atoms with Crippen LogP contribution in [0.2, 0.25) is 0 Å². The van der Waals surface area contributed by atoms with Crippen LogP contribution in [0.25, 0.3) is 66.4 Å². The van der Waals surface area contributed by atoms with Gasteiger partial charge in [-0.3, -0.25) is 4.98 Å². The molecule has 4 nitrogen and oxygen atoms in total. The van der Waals surface area contributed by atoms with Crippen LogP contribution in [-0.2, 0) is 26.5 Å². The van der Waals surface area contributed by atoms with Crippen molar-refractivity contribution in [1.29, 1.82) is 0 Å². The molecule has 0 aliphatic rings. The molecule has 1 radical (unpaired) electrons. The summed E-state index contributed by atoms with van der Waals surface area (Å²) in [6.07, 6.45) is 3.28. The molecule has 0 saturated carbocycles. The maximum absolute atomic E-state index is 8.39. The molecule has 0 N–H and O–H groups in total. The molecule has 0 atom stereocenters. The van der Waals surface area contributed by atoms with Crippen LogP contribution in [-0.4, -0.2) is 15.0 Å². The van der Waals surface area contributed by atoms with Gasteiger partial charge in [0.15, 0.2) is 0 Å². The third-order valence-electron chi connectivity index (χ3n) is 7.80. The summed E-state index contributed by atoms with van der Waals surface area (Å²) < 4.78 is 68.3. The molecule has 0 amide bonds. The Hall–Kier alpha value is -4.96. The van der Waals surface area contributed by atoms with E-state index in [1.165, 1.54) is 18.5 Å². The van der Waals surface area contributed by atoms with Gasteiger partial charge >= 0.3 is 0 Å². The summed E-state index contributed by atoms with van der Waals surface area (Å²) in [5.41, 5.74) is 6.72. The molecule has 0 saturated heterocycles. The van der Waals surface area contributed by atoms with Crippen LogP contribution in [0.4, 0.5) is 0 Å². The fourth-order valence-electron chi connectivity index (χ4n) is 5.64. The Morgan fingerprint density at radius 3 is 2.31 bits per heavy atom. The zero-order valence-electron chi connectivity index (χ0n) is 35.1. The summed E-state index contributed by atoms with van der Waals surface area (Å²) >= 11 is 0. The number of nitrogens with zero attached hydrogens (tertiary/aromatic N) is 3. The van der Waals surface area contributed by atoms with Gasteiger partial charge in [0.2, 0.25) is 0 Å². The Morgan fingerprint density at radius 1 is 0.714 bits per heavy atom. The Balaban J connectivity index is 0.000000194. The largest absolute Gasteiger partial charge is 0.500 e. The molecule has 0 aliphatic heterocycles. The first-order valence-corrected chi connectivity index (χ1v) is 15.6. The van der Waals surface area contributed by atoms with Crippen LogP contribution >= 0.6 is 0 Å². The van der Waals surface area contributed by atoms with Crippen molar-refractivity contribution in [3.63, 3.8) is 0 Å². The van der Waals surface area contributed by atoms with Crippen molar-refractivity contribution in [3.8, 4) is 33.6 Å². The second kappa shape index (κ2) is 14.3. The van der Waals surface area contributed by atoms with E-state index in [1.807, 2.05) is 99.6 Å². The van der Waals surface area contributed by atoms with Crippen LogP contribution in [0, 0.1) is 31.3 Å². The second-order valence-electron chi connectivity index (χ2n) is 12.5. The normalized spacial score (nSPS) is 14.5. The number of rotatable bonds is 4. The van der Waals surface area contributed by atoms with Crippen LogP contribution in [0.15, 0.2) is 126 Å². The van der Waals surface area contributed by atoms with Crippen molar-refractivity contribution in [2.45, 2.75) is 40.8 Å². The average molecular weight is 824 g/mol. The third-order valence-corrected chi connectivity index (χ3v) is 7.80. The summed E-state index contributed by atoms with van der Waals surface area (Å²) in [6.45, 7) is 1.26. The predicted molar refractivity (Wildman–Crippen MR) is 198 cm³/mol. The molecule has 245 valence electrons. The van der Waals surface area contributed by atoms with E-state index >= 15 is 0 Å². The van der Waals surface area contributed by atoms with Crippen molar-refractivity contribution < 1.29 is 35.5 Å². The minimum Gasteiger partial charge on any atom is -0.500 e. The predicted octanol–water partition coefficient (Wildman–Crippen LogP) is 11.4. The Kier molecular flexibility index (Phi) is 7.30. The van der Waals surface area contributed by atoms with Crippen molar-refractivity contribution in [1.82, 2.24) is 15.0 Å². The maximum Gasteiger partial charge on any atom is 0.130 e. The van der Waals surface area contributed by atoms with Gasteiger partial charge in [0, 0.05) is 66.1 Å². The molecule has 4 aromatic heterocycles. The molecule has 4 aromatic carbocycles. The van der Waals surface area contributed by atoms with E-state index in [-0.39, 0.29) is 31.4 Å². The monoisotopic (exact) mass is 824 g/mol. The van der Waals surface area contributed by atoms with Crippen LogP contribution in [0.3, 0.4) is 0 Å². The van der Waals surface area contributed by atoms with Crippen molar-refractivity contribution in [2.75, 3.05) is 0 Å². The molecule has 8 aromatic rings. The number of hydrogen-bond acceptors (Lipinski definition) is 4. The van der Waals surface area contributed by atoms with E-state index < -0.39 is 25.5 Å². The average Bonchev–Trinajstić information content (AvgIpc) is 3.57. The SMILES string of the molecule is [2H]C([2H])([2H])c1ccc(-c2[c-]ccc3c2oc2c4cnc(C([2H])([2H])[2H])cc4ccc32)nc1.[2H]C([2H])(c1ccc(-c2ccnc(-c3[c-]cccc3)c2)cc1)C(C)(C)C.[Ir]. The number of fused-ring (bicyclic) bond motifs is 5. The molecule has 8 rings (SSSR count). The van der Waals surface area contributed by atoms with Gasteiger partial charge in [-0.25, -0.2) is 0 Å². The molecule has 49 heavy (non-hydrogen) atoms. The summed E-state index contributed by atoms with van der Waals surface area (Å²) in [5.74, 6) is 0. The number of hydrogen-bond donors (Lipinski definition) is 0. The van der Waals surface area contributed by atoms with Gasteiger partial charge in [0.05, 0.1) is 5.58 Å². The summed E-state index contributed by atoms with van der Waals surface area (Å²) in [6, 6.07) is 38.0. The Bertz CT molecular complexity index is 2670. The van der Waals surface area contributed by atoms with Gasteiger partial charge < -0.3 is 14.4 Å². The zero-order chi connectivity index (χ0) is 40.0. The second-order valence-corrected chi connectivity index (χ2v) is 12.5. The first kappa shape index (κ1) is 25.1. The molecular formula is C44H37IrN3O-2. The first-order valence-electron chi connectivity index (χ1n) is 19.6. The van der Waals surface area contributed by atoms with Gasteiger partial charge in [-0.05, 0) is 76.7 Å². The summed E-state index contributed by atoms with van der Waals surface area (Å²) in [7, 11) is 0. The summed E-state index contributed by atoms with van der Waals surface area (Å²) in [5, 5.41) is 3.14. The standard InChI is InChI=1S/C22H15N2O.C22H22N.Ir/c1-13-6-9-20(24-11-13)18-5-3-4-16-17-8-7-15-10-14(2)23-12-19(15)22(17)25-21(16)18;1-22(2,3)16-17-9-11-18(12-10-17)20-13-14-23-21(15-20)19-7-5-4-6-8-19;/h3-4,6-12H,1-2H3;4-7,9-15H,16H2,1-3H3;/q2*-1;/i1D3,2D3;16D2;. The first-order chi connectivity index (χ1) is 26.4. The van der Waals surface area contributed by atoms with Gasteiger partial charge in [-0.2, -0.15) is 0 Å². The molecule has 5 heteroatoms. The number of furan rings is 1. The van der Waals surface area contributed by atoms with E-state index in [4.69, 9.17) is 15.4 Å². The van der Waals surface area contributed by atoms with Crippen molar-refractivity contribution in [2.24, 2.45) is 5.41 Å². The third kappa shape index (κ3) is 7.54. The Morgan fingerprint density at radius 2 is 1.57 bits per heavy atom. The van der Waals surface area contributed by atoms with Crippen molar-refractivity contribution in [3.05, 3.63) is 151 Å².